The zero-order chi connectivity index (χ0) is 16.7. The number of ether oxygens (including phenoxy) is 1. The lowest BCUT2D eigenvalue weighted by Gasteiger charge is -2.32. The number of methoxy groups -OCH3 is 1. The zero-order valence-electron chi connectivity index (χ0n) is 14.3. The maximum atomic E-state index is 6.13. The Bertz CT molecular complexity index is 699. The highest BCUT2D eigenvalue weighted by atomic mass is 16.7. The van der Waals surface area contributed by atoms with Crippen LogP contribution in [0.25, 0.3) is 11.1 Å². The van der Waals surface area contributed by atoms with Gasteiger partial charge >= 0.3 is 7.12 Å². The number of pyridine rings is 1. The molecule has 23 heavy (non-hydrogen) atoms. The largest absolute Gasteiger partial charge is 0.494 e. The molecule has 1 aromatic heterocycles. The first-order valence-corrected chi connectivity index (χ1v) is 7.79. The third-order valence-corrected chi connectivity index (χ3v) is 4.69. The van der Waals surface area contributed by atoms with Gasteiger partial charge in [0.15, 0.2) is 0 Å². The normalized spacial score (nSPS) is 18.9. The molecule has 1 fully saturated rings. The summed E-state index contributed by atoms with van der Waals surface area (Å²) in [7, 11) is 1.26. The molecule has 5 heteroatoms. The van der Waals surface area contributed by atoms with E-state index >= 15 is 0 Å². The van der Waals surface area contributed by atoms with E-state index in [1.54, 1.807) is 13.3 Å². The first-order valence-electron chi connectivity index (χ1n) is 7.79. The van der Waals surface area contributed by atoms with Gasteiger partial charge < -0.3 is 14.0 Å². The van der Waals surface area contributed by atoms with Gasteiger partial charge in [0.25, 0.3) is 0 Å². The summed E-state index contributed by atoms with van der Waals surface area (Å²) in [6, 6.07) is 12.0. The molecule has 0 aliphatic carbocycles. The Balaban J connectivity index is 1.96. The van der Waals surface area contributed by atoms with Crippen molar-refractivity contribution >= 4 is 12.6 Å². The van der Waals surface area contributed by atoms with E-state index in [2.05, 4.69) is 38.7 Å². The standard InChI is InChI=1S/C18H22BNO3/c1-17(2)18(3,4)23-19(22-17)14-9-6-8-13(12-14)15-10-7-11-20-16(15)21-5/h6-12H,1-5H3. The number of benzene rings is 1. The highest BCUT2D eigenvalue weighted by Crippen LogP contribution is 2.36. The van der Waals surface area contributed by atoms with Crippen LogP contribution in [0.2, 0.25) is 0 Å². The Morgan fingerprint density at radius 2 is 1.70 bits per heavy atom. The molecule has 0 spiro atoms. The fraction of sp³-hybridized carbons (Fsp3) is 0.389. The number of rotatable bonds is 3. The third kappa shape index (κ3) is 2.86. The summed E-state index contributed by atoms with van der Waals surface area (Å²) in [5.41, 5.74) is 2.28. The summed E-state index contributed by atoms with van der Waals surface area (Å²) in [6.07, 6.45) is 1.72. The van der Waals surface area contributed by atoms with Crippen LogP contribution in [-0.4, -0.2) is 30.4 Å². The molecular formula is C18H22BNO3. The van der Waals surface area contributed by atoms with Crippen LogP contribution in [0.3, 0.4) is 0 Å². The molecule has 1 aliphatic rings. The molecule has 0 amide bonds. The fourth-order valence-corrected chi connectivity index (χ4v) is 2.61. The predicted molar refractivity (Wildman–Crippen MR) is 91.9 cm³/mol. The van der Waals surface area contributed by atoms with E-state index in [1.807, 2.05) is 30.3 Å². The smallest absolute Gasteiger partial charge is 0.481 e. The summed E-state index contributed by atoms with van der Waals surface area (Å²) in [5, 5.41) is 0. The minimum atomic E-state index is -0.373. The molecule has 2 aromatic rings. The molecular weight excluding hydrogens is 289 g/mol. The highest BCUT2D eigenvalue weighted by molar-refractivity contribution is 6.62. The Morgan fingerprint density at radius 3 is 2.35 bits per heavy atom. The number of aromatic nitrogens is 1. The lowest BCUT2D eigenvalue weighted by atomic mass is 9.78. The van der Waals surface area contributed by atoms with Crippen LogP contribution in [-0.2, 0) is 9.31 Å². The van der Waals surface area contributed by atoms with E-state index in [9.17, 15) is 0 Å². The van der Waals surface area contributed by atoms with E-state index in [4.69, 9.17) is 14.0 Å². The molecule has 3 rings (SSSR count). The van der Waals surface area contributed by atoms with Gasteiger partial charge in [-0.3, -0.25) is 0 Å². The molecule has 1 saturated heterocycles. The molecule has 0 saturated carbocycles. The minimum absolute atomic E-state index is 0.348. The van der Waals surface area contributed by atoms with Crippen LogP contribution >= 0.6 is 0 Å². The summed E-state index contributed by atoms with van der Waals surface area (Å²) < 4.78 is 17.6. The first kappa shape index (κ1) is 16.0. The number of hydrogen-bond acceptors (Lipinski definition) is 4. The highest BCUT2D eigenvalue weighted by Gasteiger charge is 2.51. The Labute approximate surface area is 137 Å². The molecule has 1 aliphatic heterocycles. The van der Waals surface area contributed by atoms with Gasteiger partial charge in [0.1, 0.15) is 0 Å². The van der Waals surface area contributed by atoms with Crippen molar-refractivity contribution in [1.82, 2.24) is 4.98 Å². The minimum Gasteiger partial charge on any atom is -0.481 e. The van der Waals surface area contributed by atoms with Crippen LogP contribution in [0.15, 0.2) is 42.6 Å². The molecule has 2 heterocycles. The summed E-state index contributed by atoms with van der Waals surface area (Å²) in [4.78, 5) is 4.26. The second-order valence-corrected chi connectivity index (χ2v) is 6.77. The van der Waals surface area contributed by atoms with Crippen molar-refractivity contribution in [1.29, 1.82) is 0 Å². The van der Waals surface area contributed by atoms with Crippen LogP contribution in [0.1, 0.15) is 27.7 Å². The second-order valence-electron chi connectivity index (χ2n) is 6.77. The maximum absolute atomic E-state index is 6.13. The number of hydrogen-bond donors (Lipinski definition) is 0. The Kier molecular flexibility index (Phi) is 3.94. The van der Waals surface area contributed by atoms with Crippen molar-refractivity contribution in [2.75, 3.05) is 7.11 Å². The summed E-state index contributed by atoms with van der Waals surface area (Å²) >= 11 is 0. The van der Waals surface area contributed by atoms with Gasteiger partial charge in [-0.1, -0.05) is 24.3 Å². The molecule has 0 N–H and O–H groups in total. The van der Waals surface area contributed by atoms with Crippen molar-refractivity contribution in [2.45, 2.75) is 38.9 Å². The van der Waals surface area contributed by atoms with Gasteiger partial charge in [-0.15, -0.1) is 0 Å². The lowest BCUT2D eigenvalue weighted by Crippen LogP contribution is -2.41. The second kappa shape index (κ2) is 5.66. The fourth-order valence-electron chi connectivity index (χ4n) is 2.61. The Hall–Kier alpha value is -1.85. The van der Waals surface area contributed by atoms with Crippen LogP contribution in [0.5, 0.6) is 5.88 Å². The Morgan fingerprint density at radius 1 is 1.00 bits per heavy atom. The van der Waals surface area contributed by atoms with Crippen molar-refractivity contribution in [3.05, 3.63) is 42.6 Å². The average molecular weight is 311 g/mol. The molecule has 0 unspecified atom stereocenters. The topological polar surface area (TPSA) is 40.6 Å². The van der Waals surface area contributed by atoms with Gasteiger partial charge in [0, 0.05) is 11.8 Å². The van der Waals surface area contributed by atoms with E-state index in [0.29, 0.717) is 5.88 Å². The molecule has 1 aromatic carbocycles. The molecule has 120 valence electrons. The van der Waals surface area contributed by atoms with Gasteiger partial charge in [-0.05, 0) is 50.9 Å². The van der Waals surface area contributed by atoms with Gasteiger partial charge in [0.05, 0.1) is 18.3 Å². The van der Waals surface area contributed by atoms with Crippen molar-refractivity contribution < 1.29 is 14.0 Å². The van der Waals surface area contributed by atoms with Crippen molar-refractivity contribution in [2.24, 2.45) is 0 Å². The lowest BCUT2D eigenvalue weighted by molar-refractivity contribution is 0.00578. The summed E-state index contributed by atoms with van der Waals surface area (Å²) in [6.45, 7) is 8.23. The predicted octanol–water partition coefficient (Wildman–Crippen LogP) is 3.06. The van der Waals surface area contributed by atoms with Crippen LogP contribution in [0, 0.1) is 0 Å². The van der Waals surface area contributed by atoms with Crippen molar-refractivity contribution in [3.8, 4) is 17.0 Å². The quantitative estimate of drug-likeness (QED) is 0.817. The first-order chi connectivity index (χ1) is 10.8. The van der Waals surface area contributed by atoms with E-state index in [0.717, 1.165) is 16.6 Å². The zero-order valence-corrected chi connectivity index (χ0v) is 14.3. The van der Waals surface area contributed by atoms with Gasteiger partial charge in [-0.2, -0.15) is 0 Å². The maximum Gasteiger partial charge on any atom is 0.494 e. The van der Waals surface area contributed by atoms with Crippen LogP contribution < -0.4 is 10.2 Å². The van der Waals surface area contributed by atoms with Gasteiger partial charge in [-0.25, -0.2) is 4.98 Å². The molecule has 4 nitrogen and oxygen atoms in total. The van der Waals surface area contributed by atoms with E-state index in [-0.39, 0.29) is 18.3 Å². The van der Waals surface area contributed by atoms with Crippen LogP contribution in [0.4, 0.5) is 0 Å². The molecule has 0 radical (unpaired) electrons. The van der Waals surface area contributed by atoms with E-state index < -0.39 is 0 Å². The van der Waals surface area contributed by atoms with Crippen molar-refractivity contribution in [3.63, 3.8) is 0 Å². The SMILES string of the molecule is COc1ncccc1-c1cccc(B2OC(C)(C)C(C)(C)O2)c1. The molecule has 0 bridgehead atoms. The summed E-state index contributed by atoms with van der Waals surface area (Å²) in [5.74, 6) is 0.610. The monoisotopic (exact) mass is 311 g/mol. The number of nitrogens with zero attached hydrogens (tertiary/aromatic N) is 1. The van der Waals surface area contributed by atoms with E-state index in [1.165, 1.54) is 0 Å². The third-order valence-electron chi connectivity index (χ3n) is 4.69. The average Bonchev–Trinajstić information content (AvgIpc) is 2.75. The molecule has 0 atom stereocenters. The van der Waals surface area contributed by atoms with Gasteiger partial charge in [0.2, 0.25) is 5.88 Å².